The Labute approximate surface area is 103 Å². The molecule has 0 aromatic heterocycles. The molecule has 0 fully saturated rings. The molecule has 94 valence electrons. The van der Waals surface area contributed by atoms with E-state index in [1.54, 1.807) is 30.5 Å². The molecule has 2 amide bonds. The van der Waals surface area contributed by atoms with Crippen molar-refractivity contribution in [2.75, 3.05) is 24.7 Å². The number of aliphatic hydroxyl groups is 1. The molecule has 3 N–H and O–H groups in total. The highest BCUT2D eigenvalue weighted by Gasteiger charge is 2.03. The van der Waals surface area contributed by atoms with Gasteiger partial charge in [0.05, 0.1) is 0 Å². The molecule has 0 aliphatic rings. The number of urea groups is 1. The van der Waals surface area contributed by atoms with Crippen molar-refractivity contribution in [1.82, 2.24) is 5.32 Å². The van der Waals surface area contributed by atoms with E-state index in [1.807, 2.05) is 0 Å². The highest BCUT2D eigenvalue weighted by molar-refractivity contribution is 7.84. The second kappa shape index (κ2) is 7.03. The summed E-state index contributed by atoms with van der Waals surface area (Å²) in [7, 11) is -1.07. The molecule has 1 unspecified atom stereocenters. The van der Waals surface area contributed by atoms with Crippen molar-refractivity contribution in [3.05, 3.63) is 24.3 Å². The SMILES string of the molecule is CS(=O)c1cccc(NC(=O)NCCCO)c1. The molecule has 1 aromatic rings. The number of hydrogen-bond acceptors (Lipinski definition) is 3. The van der Waals surface area contributed by atoms with Gasteiger partial charge in [0, 0.05) is 40.8 Å². The first-order valence-electron chi connectivity index (χ1n) is 5.22. The lowest BCUT2D eigenvalue weighted by atomic mass is 10.3. The molecule has 1 rings (SSSR count). The van der Waals surface area contributed by atoms with E-state index in [0.717, 1.165) is 0 Å². The van der Waals surface area contributed by atoms with E-state index >= 15 is 0 Å². The number of benzene rings is 1. The predicted octanol–water partition coefficient (Wildman–Crippen LogP) is 0.928. The van der Waals surface area contributed by atoms with Crippen molar-refractivity contribution in [3.63, 3.8) is 0 Å². The molecule has 0 spiro atoms. The van der Waals surface area contributed by atoms with Gasteiger partial charge in [-0.25, -0.2) is 4.79 Å². The Morgan fingerprint density at radius 2 is 2.24 bits per heavy atom. The second-order valence-corrected chi connectivity index (χ2v) is 4.82. The monoisotopic (exact) mass is 256 g/mol. The minimum atomic E-state index is -1.07. The first kappa shape index (κ1) is 13.7. The van der Waals surface area contributed by atoms with Crippen LogP contribution in [-0.4, -0.2) is 34.8 Å². The molecule has 0 bridgehead atoms. The Bertz CT molecular complexity index is 409. The zero-order chi connectivity index (χ0) is 12.7. The van der Waals surface area contributed by atoms with Gasteiger partial charge in [0.15, 0.2) is 0 Å². The van der Waals surface area contributed by atoms with Gasteiger partial charge >= 0.3 is 6.03 Å². The standard InChI is InChI=1S/C11H16N2O3S/c1-17(16)10-5-2-4-9(8-10)13-11(15)12-6-3-7-14/h2,4-5,8,14H,3,6-7H2,1H3,(H2,12,13,15). The molecular weight excluding hydrogens is 240 g/mol. The van der Waals surface area contributed by atoms with E-state index in [2.05, 4.69) is 10.6 Å². The maximum atomic E-state index is 11.4. The van der Waals surface area contributed by atoms with Crippen molar-refractivity contribution in [3.8, 4) is 0 Å². The Morgan fingerprint density at radius 3 is 2.88 bits per heavy atom. The van der Waals surface area contributed by atoms with Crippen LogP contribution in [-0.2, 0) is 10.8 Å². The summed E-state index contributed by atoms with van der Waals surface area (Å²) in [5, 5.41) is 13.8. The van der Waals surface area contributed by atoms with E-state index in [4.69, 9.17) is 5.11 Å². The van der Waals surface area contributed by atoms with Crippen molar-refractivity contribution >= 4 is 22.5 Å². The maximum absolute atomic E-state index is 11.4. The summed E-state index contributed by atoms with van der Waals surface area (Å²) in [6.45, 7) is 0.465. The lowest BCUT2D eigenvalue weighted by Gasteiger charge is -2.07. The molecule has 0 heterocycles. The van der Waals surface area contributed by atoms with Gasteiger partial charge in [-0.05, 0) is 24.6 Å². The fourth-order valence-corrected chi connectivity index (χ4v) is 1.77. The normalized spacial score (nSPS) is 11.9. The second-order valence-electron chi connectivity index (χ2n) is 3.44. The van der Waals surface area contributed by atoms with Gasteiger partial charge in [-0.15, -0.1) is 0 Å². The number of aliphatic hydroxyl groups excluding tert-OH is 1. The van der Waals surface area contributed by atoms with Gasteiger partial charge in [-0.2, -0.15) is 0 Å². The summed E-state index contributed by atoms with van der Waals surface area (Å²) in [6, 6.07) is 6.53. The van der Waals surface area contributed by atoms with Crippen LogP contribution in [0.4, 0.5) is 10.5 Å². The van der Waals surface area contributed by atoms with Crippen molar-refractivity contribution in [1.29, 1.82) is 0 Å². The van der Waals surface area contributed by atoms with Gasteiger partial charge in [-0.3, -0.25) is 4.21 Å². The van der Waals surface area contributed by atoms with Crippen LogP contribution in [0.3, 0.4) is 0 Å². The smallest absolute Gasteiger partial charge is 0.319 e. The van der Waals surface area contributed by atoms with Gasteiger partial charge in [-0.1, -0.05) is 6.07 Å². The highest BCUT2D eigenvalue weighted by Crippen LogP contribution is 2.12. The van der Waals surface area contributed by atoms with Crippen LogP contribution >= 0.6 is 0 Å². The summed E-state index contributed by atoms with van der Waals surface area (Å²) in [4.78, 5) is 12.1. The predicted molar refractivity (Wildman–Crippen MR) is 67.5 cm³/mol. The highest BCUT2D eigenvalue weighted by atomic mass is 32.2. The maximum Gasteiger partial charge on any atom is 0.319 e. The Morgan fingerprint density at radius 1 is 1.47 bits per heavy atom. The molecule has 5 nitrogen and oxygen atoms in total. The molecule has 0 radical (unpaired) electrons. The summed E-state index contributed by atoms with van der Waals surface area (Å²) >= 11 is 0. The van der Waals surface area contributed by atoms with Crippen molar-refractivity contribution in [2.24, 2.45) is 0 Å². The van der Waals surface area contributed by atoms with Crippen LogP contribution in [0.2, 0.25) is 0 Å². The number of anilines is 1. The summed E-state index contributed by atoms with van der Waals surface area (Å²) in [6.07, 6.45) is 2.10. The topological polar surface area (TPSA) is 78.4 Å². The molecule has 17 heavy (non-hydrogen) atoms. The average Bonchev–Trinajstić information content (AvgIpc) is 2.29. The van der Waals surface area contributed by atoms with Crippen LogP contribution in [0, 0.1) is 0 Å². The number of nitrogens with one attached hydrogen (secondary N) is 2. The van der Waals surface area contributed by atoms with Crippen LogP contribution < -0.4 is 10.6 Å². The van der Waals surface area contributed by atoms with E-state index in [9.17, 15) is 9.00 Å². The number of rotatable bonds is 5. The molecule has 1 atom stereocenters. The Balaban J connectivity index is 2.53. The summed E-state index contributed by atoms with van der Waals surface area (Å²) in [5.41, 5.74) is 0.596. The van der Waals surface area contributed by atoms with Crippen LogP contribution in [0.5, 0.6) is 0 Å². The molecule has 0 saturated heterocycles. The fraction of sp³-hybridized carbons (Fsp3) is 0.364. The van der Waals surface area contributed by atoms with Crippen LogP contribution in [0.15, 0.2) is 29.2 Å². The first-order chi connectivity index (χ1) is 8.13. The third kappa shape index (κ3) is 4.97. The minimum absolute atomic E-state index is 0.0462. The van der Waals surface area contributed by atoms with Crippen LogP contribution in [0.1, 0.15) is 6.42 Å². The van der Waals surface area contributed by atoms with Crippen LogP contribution in [0.25, 0.3) is 0 Å². The number of carbonyl (C=O) groups excluding carboxylic acids is 1. The minimum Gasteiger partial charge on any atom is -0.396 e. The summed E-state index contributed by atoms with van der Waals surface area (Å²) < 4.78 is 11.2. The fourth-order valence-electron chi connectivity index (χ4n) is 1.21. The average molecular weight is 256 g/mol. The molecular formula is C11H16N2O3S. The third-order valence-corrected chi connectivity index (χ3v) is 2.96. The first-order valence-corrected chi connectivity index (χ1v) is 6.78. The largest absolute Gasteiger partial charge is 0.396 e. The molecule has 1 aromatic carbocycles. The Kier molecular flexibility index (Phi) is 5.65. The Hall–Kier alpha value is -1.40. The van der Waals surface area contributed by atoms with Crippen molar-refractivity contribution < 1.29 is 14.1 Å². The molecule has 0 aliphatic heterocycles. The van der Waals surface area contributed by atoms with Gasteiger partial charge < -0.3 is 15.7 Å². The van der Waals surface area contributed by atoms with E-state index in [1.165, 1.54) is 0 Å². The summed E-state index contributed by atoms with van der Waals surface area (Å²) in [5.74, 6) is 0. The van der Waals surface area contributed by atoms with E-state index in [-0.39, 0.29) is 12.6 Å². The molecule has 0 saturated carbocycles. The quantitative estimate of drug-likeness (QED) is 0.686. The lowest BCUT2D eigenvalue weighted by molar-refractivity contribution is 0.249. The number of hydrogen-bond donors (Lipinski definition) is 3. The molecule has 6 heteroatoms. The number of amides is 2. The zero-order valence-corrected chi connectivity index (χ0v) is 10.4. The van der Waals surface area contributed by atoms with Gasteiger partial charge in [0.1, 0.15) is 0 Å². The van der Waals surface area contributed by atoms with Crippen molar-refractivity contribution in [2.45, 2.75) is 11.3 Å². The molecule has 0 aliphatic carbocycles. The third-order valence-electron chi connectivity index (χ3n) is 2.04. The van der Waals surface area contributed by atoms with Gasteiger partial charge in [0.2, 0.25) is 0 Å². The zero-order valence-electron chi connectivity index (χ0n) is 9.60. The lowest BCUT2D eigenvalue weighted by Crippen LogP contribution is -2.29. The number of carbonyl (C=O) groups is 1. The van der Waals surface area contributed by atoms with E-state index in [0.29, 0.717) is 23.5 Å². The van der Waals surface area contributed by atoms with E-state index < -0.39 is 10.8 Å². The van der Waals surface area contributed by atoms with Gasteiger partial charge in [0.25, 0.3) is 0 Å².